The summed E-state index contributed by atoms with van der Waals surface area (Å²) in [4.78, 5) is 0. The molecule has 5 nitrogen and oxygen atoms in total. The summed E-state index contributed by atoms with van der Waals surface area (Å²) < 4.78 is 21.0. The van der Waals surface area contributed by atoms with Crippen LogP contribution in [0.2, 0.25) is 0 Å². The fourth-order valence-corrected chi connectivity index (χ4v) is 3.08. The van der Waals surface area contributed by atoms with E-state index in [-0.39, 0.29) is 11.9 Å². The van der Waals surface area contributed by atoms with Crippen LogP contribution in [-0.4, -0.2) is 14.8 Å². The van der Waals surface area contributed by atoms with Crippen LogP contribution in [-0.2, 0) is 19.5 Å². The number of furan rings is 1. The maximum atomic E-state index is 13.0. The quantitative estimate of drug-likeness (QED) is 0.780. The van der Waals surface area contributed by atoms with Gasteiger partial charge in [-0.2, -0.15) is 0 Å². The molecule has 24 heavy (non-hydrogen) atoms. The second-order valence-electron chi connectivity index (χ2n) is 6.11. The number of hydrogen-bond donors (Lipinski definition) is 1. The first kappa shape index (κ1) is 15.1. The molecule has 124 valence electrons. The number of nitrogens with one attached hydrogen (secondary N) is 1. The Hall–Kier alpha value is -2.47. The molecule has 3 aromatic rings. The van der Waals surface area contributed by atoms with Crippen molar-refractivity contribution in [1.29, 1.82) is 0 Å². The number of fused-ring (bicyclic) bond motifs is 1. The Labute approximate surface area is 139 Å². The minimum Gasteiger partial charge on any atom is -0.460 e. The van der Waals surface area contributed by atoms with E-state index in [0.29, 0.717) is 6.54 Å². The van der Waals surface area contributed by atoms with Crippen LogP contribution in [0.4, 0.5) is 4.39 Å². The monoisotopic (exact) mass is 326 g/mol. The summed E-state index contributed by atoms with van der Waals surface area (Å²) in [6.07, 6.45) is 2.16. The number of aryl methyl sites for hydroxylation is 1. The van der Waals surface area contributed by atoms with Gasteiger partial charge in [-0.3, -0.25) is 0 Å². The lowest BCUT2D eigenvalue weighted by molar-refractivity contribution is 0.451. The highest BCUT2D eigenvalue weighted by Crippen LogP contribution is 2.23. The number of benzene rings is 1. The van der Waals surface area contributed by atoms with E-state index in [9.17, 15) is 4.39 Å². The van der Waals surface area contributed by atoms with Gasteiger partial charge in [-0.25, -0.2) is 4.39 Å². The predicted molar refractivity (Wildman–Crippen MR) is 87.7 cm³/mol. The Morgan fingerprint density at radius 1 is 1.21 bits per heavy atom. The predicted octanol–water partition coefficient (Wildman–Crippen LogP) is 3.47. The maximum absolute atomic E-state index is 13.0. The molecule has 0 saturated heterocycles. The van der Waals surface area contributed by atoms with Crippen molar-refractivity contribution in [1.82, 2.24) is 20.1 Å². The summed E-state index contributed by atoms with van der Waals surface area (Å²) in [6.45, 7) is 3.68. The smallest absolute Gasteiger partial charge is 0.149 e. The number of hydrogen-bond acceptors (Lipinski definition) is 4. The van der Waals surface area contributed by atoms with Crippen LogP contribution in [0.5, 0.6) is 0 Å². The number of rotatable bonds is 5. The van der Waals surface area contributed by atoms with Crippen molar-refractivity contribution in [3.8, 4) is 11.3 Å². The van der Waals surface area contributed by atoms with Crippen LogP contribution in [0.15, 0.2) is 40.8 Å². The molecule has 0 amide bonds. The van der Waals surface area contributed by atoms with Crippen molar-refractivity contribution in [2.24, 2.45) is 0 Å². The second-order valence-corrected chi connectivity index (χ2v) is 6.11. The summed E-state index contributed by atoms with van der Waals surface area (Å²) in [7, 11) is 0. The third-order valence-electron chi connectivity index (χ3n) is 4.40. The molecule has 4 rings (SSSR count). The molecule has 1 aliphatic heterocycles. The molecule has 6 heteroatoms. The fourth-order valence-electron chi connectivity index (χ4n) is 3.08. The standard InChI is InChI=1S/C18H19FN4O/c1-12(18-22-21-17-3-2-10-23(17)18)20-11-15-8-9-16(24-15)13-4-6-14(19)7-5-13/h4-9,12,20H,2-3,10-11H2,1H3/t12-/m1/s1. The Morgan fingerprint density at radius 3 is 2.88 bits per heavy atom. The minimum atomic E-state index is -0.248. The van der Waals surface area contributed by atoms with Gasteiger partial charge in [0.2, 0.25) is 0 Å². The first-order chi connectivity index (χ1) is 11.7. The molecule has 0 saturated carbocycles. The van der Waals surface area contributed by atoms with Gasteiger partial charge in [-0.1, -0.05) is 0 Å². The van der Waals surface area contributed by atoms with E-state index in [1.807, 2.05) is 12.1 Å². The zero-order chi connectivity index (χ0) is 16.5. The first-order valence-electron chi connectivity index (χ1n) is 8.21. The normalized spacial score (nSPS) is 14.8. The van der Waals surface area contributed by atoms with Crippen molar-refractivity contribution in [3.63, 3.8) is 0 Å². The van der Waals surface area contributed by atoms with Crippen molar-refractivity contribution in [2.45, 2.75) is 38.9 Å². The lowest BCUT2D eigenvalue weighted by Crippen LogP contribution is -2.21. The zero-order valence-electron chi connectivity index (χ0n) is 13.5. The van der Waals surface area contributed by atoms with Gasteiger partial charge in [-0.05, 0) is 49.7 Å². The molecule has 1 atom stereocenters. The summed E-state index contributed by atoms with van der Waals surface area (Å²) in [5, 5.41) is 12.0. The summed E-state index contributed by atoms with van der Waals surface area (Å²) >= 11 is 0. The maximum Gasteiger partial charge on any atom is 0.149 e. The van der Waals surface area contributed by atoms with Crippen molar-refractivity contribution in [3.05, 3.63) is 59.6 Å². The lowest BCUT2D eigenvalue weighted by atomic mass is 10.2. The largest absolute Gasteiger partial charge is 0.460 e. The summed E-state index contributed by atoms with van der Waals surface area (Å²) in [5.41, 5.74) is 0.867. The molecule has 3 heterocycles. The lowest BCUT2D eigenvalue weighted by Gasteiger charge is -2.12. The molecule has 0 fully saturated rings. The van der Waals surface area contributed by atoms with Gasteiger partial charge in [0.1, 0.15) is 29.0 Å². The van der Waals surface area contributed by atoms with Gasteiger partial charge >= 0.3 is 0 Å². The van der Waals surface area contributed by atoms with E-state index >= 15 is 0 Å². The Morgan fingerprint density at radius 2 is 2.04 bits per heavy atom. The average Bonchev–Trinajstić information content (AvgIpc) is 3.30. The molecule has 0 radical (unpaired) electrons. The molecule has 0 unspecified atom stereocenters. The van der Waals surface area contributed by atoms with Gasteiger partial charge in [0, 0.05) is 18.5 Å². The molecule has 1 aromatic carbocycles. The highest BCUT2D eigenvalue weighted by Gasteiger charge is 2.21. The van der Waals surface area contributed by atoms with E-state index in [1.54, 1.807) is 12.1 Å². The highest BCUT2D eigenvalue weighted by atomic mass is 19.1. The zero-order valence-corrected chi connectivity index (χ0v) is 13.5. The topological polar surface area (TPSA) is 55.9 Å². The van der Waals surface area contributed by atoms with Gasteiger partial charge in [-0.15, -0.1) is 10.2 Å². The van der Waals surface area contributed by atoms with Crippen molar-refractivity contribution >= 4 is 0 Å². The van der Waals surface area contributed by atoms with Crippen LogP contribution in [0.3, 0.4) is 0 Å². The van der Waals surface area contributed by atoms with Gasteiger partial charge in [0.05, 0.1) is 12.6 Å². The number of nitrogens with zero attached hydrogens (tertiary/aromatic N) is 3. The molecule has 1 N–H and O–H groups in total. The Bertz CT molecular complexity index is 837. The SMILES string of the molecule is C[C@@H](NCc1ccc(-c2ccc(F)cc2)o1)c1nnc2n1CCC2. The Kier molecular flexibility index (Phi) is 3.90. The molecular weight excluding hydrogens is 307 g/mol. The average molecular weight is 326 g/mol. The molecule has 0 bridgehead atoms. The third-order valence-corrected chi connectivity index (χ3v) is 4.40. The van der Waals surface area contributed by atoms with E-state index in [2.05, 4.69) is 27.0 Å². The summed E-state index contributed by atoms with van der Waals surface area (Å²) in [5.74, 6) is 3.38. The van der Waals surface area contributed by atoms with Crippen LogP contribution >= 0.6 is 0 Å². The Balaban J connectivity index is 1.42. The van der Waals surface area contributed by atoms with E-state index in [4.69, 9.17) is 4.42 Å². The van der Waals surface area contributed by atoms with Crippen LogP contribution < -0.4 is 5.32 Å². The molecule has 1 aliphatic rings. The molecule has 2 aromatic heterocycles. The van der Waals surface area contributed by atoms with Gasteiger partial charge in [0.15, 0.2) is 0 Å². The van der Waals surface area contributed by atoms with Crippen LogP contribution in [0, 0.1) is 5.82 Å². The van der Waals surface area contributed by atoms with Gasteiger partial charge in [0.25, 0.3) is 0 Å². The van der Waals surface area contributed by atoms with E-state index in [0.717, 1.165) is 48.1 Å². The molecular formula is C18H19FN4O. The van der Waals surface area contributed by atoms with Crippen molar-refractivity contribution in [2.75, 3.05) is 0 Å². The minimum absolute atomic E-state index is 0.101. The van der Waals surface area contributed by atoms with Crippen LogP contribution in [0.1, 0.15) is 36.8 Å². The number of aromatic nitrogens is 3. The molecule has 0 aliphatic carbocycles. The van der Waals surface area contributed by atoms with Gasteiger partial charge < -0.3 is 14.3 Å². The highest BCUT2D eigenvalue weighted by molar-refractivity contribution is 5.57. The van der Waals surface area contributed by atoms with Crippen molar-refractivity contribution < 1.29 is 8.81 Å². The second kappa shape index (κ2) is 6.20. The van der Waals surface area contributed by atoms with Crippen LogP contribution in [0.25, 0.3) is 11.3 Å². The summed E-state index contributed by atoms with van der Waals surface area (Å²) in [6, 6.07) is 10.2. The molecule has 0 spiro atoms. The van der Waals surface area contributed by atoms with E-state index in [1.165, 1.54) is 12.1 Å². The third kappa shape index (κ3) is 2.85. The first-order valence-corrected chi connectivity index (χ1v) is 8.21. The number of halogens is 1. The fraction of sp³-hybridized carbons (Fsp3) is 0.333. The van der Waals surface area contributed by atoms with E-state index < -0.39 is 0 Å².